The van der Waals surface area contributed by atoms with Crippen LogP contribution in [0.2, 0.25) is 5.28 Å². The molecule has 8 heteroatoms. The molecular weight excluding hydrogens is 320 g/mol. The van der Waals surface area contributed by atoms with Gasteiger partial charge in [-0.15, -0.1) is 0 Å². The molecule has 2 saturated heterocycles. The predicted molar refractivity (Wildman–Crippen MR) is 84.7 cm³/mol. The average Bonchev–Trinajstić information content (AvgIpc) is 3.02. The van der Waals surface area contributed by atoms with E-state index < -0.39 is 5.54 Å². The maximum atomic E-state index is 13.1. The lowest BCUT2D eigenvalue weighted by Crippen LogP contribution is -2.59. The van der Waals surface area contributed by atoms with Crippen molar-refractivity contribution in [2.75, 3.05) is 43.2 Å². The Bertz CT molecular complexity index is 615. The van der Waals surface area contributed by atoms with Crippen molar-refractivity contribution in [1.29, 1.82) is 0 Å². The summed E-state index contributed by atoms with van der Waals surface area (Å²) in [6.45, 7) is 3.09. The van der Waals surface area contributed by atoms with E-state index in [2.05, 4.69) is 15.3 Å². The van der Waals surface area contributed by atoms with Crippen LogP contribution in [0.4, 0.5) is 11.5 Å². The van der Waals surface area contributed by atoms with E-state index in [0.717, 1.165) is 26.1 Å². The van der Waals surface area contributed by atoms with Gasteiger partial charge in [-0.2, -0.15) is 4.98 Å². The quantitative estimate of drug-likeness (QED) is 0.823. The van der Waals surface area contributed by atoms with Crippen LogP contribution in [0.5, 0.6) is 0 Å². The number of amides is 1. The number of carbonyl (C=O) groups is 1. The molecule has 3 aliphatic heterocycles. The first-order valence-electron chi connectivity index (χ1n) is 7.96. The second-order valence-corrected chi connectivity index (χ2v) is 6.69. The molecule has 0 saturated carbocycles. The van der Waals surface area contributed by atoms with E-state index >= 15 is 0 Å². The maximum absolute atomic E-state index is 13.1. The summed E-state index contributed by atoms with van der Waals surface area (Å²) < 4.78 is 10.9. The molecule has 0 radical (unpaired) electrons. The third kappa shape index (κ3) is 2.66. The Kier molecular flexibility index (Phi) is 3.87. The molecule has 23 heavy (non-hydrogen) atoms. The second kappa shape index (κ2) is 5.89. The third-order valence-electron chi connectivity index (χ3n) is 4.85. The first kappa shape index (κ1) is 15.1. The standard InChI is InChI=1S/C15H19ClN4O3/c16-14-17-7-11-12(18-14)19-15(3-6-23-9-15)13(21)20(11)8-10-1-4-22-5-2-10/h7,10H,1-6,8-9H2,(H,17,18,19). The number of hydrogen-bond donors (Lipinski definition) is 1. The minimum absolute atomic E-state index is 0.0416. The minimum atomic E-state index is -0.726. The number of ether oxygens (including phenoxy) is 2. The Morgan fingerprint density at radius 3 is 2.91 bits per heavy atom. The highest BCUT2D eigenvalue weighted by Crippen LogP contribution is 2.38. The topological polar surface area (TPSA) is 76.6 Å². The summed E-state index contributed by atoms with van der Waals surface area (Å²) in [5, 5.41) is 3.43. The Balaban J connectivity index is 1.68. The van der Waals surface area contributed by atoms with Crippen molar-refractivity contribution in [3.63, 3.8) is 0 Å². The van der Waals surface area contributed by atoms with E-state index in [9.17, 15) is 4.79 Å². The number of hydrogen-bond acceptors (Lipinski definition) is 6. The highest BCUT2D eigenvalue weighted by molar-refractivity contribution is 6.28. The molecule has 1 amide bonds. The van der Waals surface area contributed by atoms with E-state index in [4.69, 9.17) is 21.1 Å². The number of aromatic nitrogens is 2. The van der Waals surface area contributed by atoms with Crippen LogP contribution in [0, 0.1) is 5.92 Å². The predicted octanol–water partition coefficient (Wildman–Crippen LogP) is 1.47. The zero-order valence-electron chi connectivity index (χ0n) is 12.8. The van der Waals surface area contributed by atoms with Crippen molar-refractivity contribution >= 4 is 29.0 Å². The van der Waals surface area contributed by atoms with Crippen LogP contribution in [-0.2, 0) is 14.3 Å². The molecule has 1 aromatic rings. The summed E-state index contributed by atoms with van der Waals surface area (Å²) in [5.41, 5.74) is -0.0287. The van der Waals surface area contributed by atoms with Crippen molar-refractivity contribution in [3.05, 3.63) is 11.5 Å². The first-order chi connectivity index (χ1) is 11.2. The van der Waals surface area contributed by atoms with Crippen LogP contribution in [0.25, 0.3) is 0 Å². The summed E-state index contributed by atoms with van der Waals surface area (Å²) in [7, 11) is 0. The normalized spacial score (nSPS) is 28.0. The van der Waals surface area contributed by atoms with Crippen molar-refractivity contribution in [2.24, 2.45) is 5.92 Å². The number of halogens is 1. The number of rotatable bonds is 2. The molecule has 1 unspecified atom stereocenters. The fourth-order valence-electron chi connectivity index (χ4n) is 3.49. The van der Waals surface area contributed by atoms with Crippen LogP contribution in [-0.4, -0.2) is 54.4 Å². The molecule has 2 fully saturated rings. The van der Waals surface area contributed by atoms with Crippen LogP contribution >= 0.6 is 11.6 Å². The zero-order chi connectivity index (χ0) is 15.9. The fourth-order valence-corrected chi connectivity index (χ4v) is 3.63. The molecule has 0 aromatic carbocycles. The van der Waals surface area contributed by atoms with Gasteiger partial charge in [0.15, 0.2) is 5.82 Å². The summed E-state index contributed by atoms with van der Waals surface area (Å²) in [5.74, 6) is 1.08. The number of carbonyl (C=O) groups excluding carboxylic acids is 1. The lowest BCUT2D eigenvalue weighted by Gasteiger charge is -2.41. The van der Waals surface area contributed by atoms with Gasteiger partial charge in [0.05, 0.1) is 12.8 Å². The first-order valence-corrected chi connectivity index (χ1v) is 8.34. The molecule has 1 atom stereocenters. The van der Waals surface area contributed by atoms with Gasteiger partial charge < -0.3 is 19.7 Å². The van der Waals surface area contributed by atoms with Gasteiger partial charge in [-0.25, -0.2) is 4.98 Å². The van der Waals surface area contributed by atoms with Crippen molar-refractivity contribution in [2.45, 2.75) is 24.8 Å². The van der Waals surface area contributed by atoms with Gasteiger partial charge in [0.2, 0.25) is 5.28 Å². The van der Waals surface area contributed by atoms with E-state index in [-0.39, 0.29) is 11.2 Å². The van der Waals surface area contributed by atoms with Gasteiger partial charge in [0.1, 0.15) is 11.2 Å². The Morgan fingerprint density at radius 1 is 1.35 bits per heavy atom. The number of nitrogens with zero attached hydrogens (tertiary/aromatic N) is 3. The molecule has 1 N–H and O–H groups in total. The highest BCUT2D eigenvalue weighted by Gasteiger charge is 2.49. The summed E-state index contributed by atoms with van der Waals surface area (Å²) in [6.07, 6.45) is 4.18. The molecule has 0 aliphatic carbocycles. The van der Waals surface area contributed by atoms with Gasteiger partial charge in [-0.05, 0) is 30.4 Å². The summed E-state index contributed by atoms with van der Waals surface area (Å²) >= 11 is 5.93. The van der Waals surface area contributed by atoms with Gasteiger partial charge >= 0.3 is 0 Å². The number of fused-ring (bicyclic) bond motifs is 1. The van der Waals surface area contributed by atoms with E-state index in [0.29, 0.717) is 43.6 Å². The molecule has 124 valence electrons. The lowest BCUT2D eigenvalue weighted by atomic mass is 9.92. The van der Waals surface area contributed by atoms with E-state index in [1.165, 1.54) is 0 Å². The van der Waals surface area contributed by atoms with Crippen molar-refractivity contribution in [3.8, 4) is 0 Å². The Morgan fingerprint density at radius 2 is 2.17 bits per heavy atom. The largest absolute Gasteiger partial charge is 0.381 e. The molecule has 0 bridgehead atoms. The minimum Gasteiger partial charge on any atom is -0.381 e. The van der Waals surface area contributed by atoms with Crippen molar-refractivity contribution in [1.82, 2.24) is 9.97 Å². The van der Waals surface area contributed by atoms with Crippen LogP contribution in [0.3, 0.4) is 0 Å². The Hall–Kier alpha value is -1.44. The van der Waals surface area contributed by atoms with Gasteiger partial charge in [-0.1, -0.05) is 0 Å². The molecule has 4 heterocycles. The maximum Gasteiger partial charge on any atom is 0.255 e. The number of nitrogens with one attached hydrogen (secondary N) is 1. The molecule has 7 nitrogen and oxygen atoms in total. The van der Waals surface area contributed by atoms with Gasteiger partial charge in [0, 0.05) is 32.8 Å². The molecule has 1 aromatic heterocycles. The molecule has 1 spiro atoms. The smallest absolute Gasteiger partial charge is 0.255 e. The van der Waals surface area contributed by atoms with Crippen LogP contribution in [0.1, 0.15) is 19.3 Å². The highest BCUT2D eigenvalue weighted by atomic mass is 35.5. The molecule has 3 aliphatic rings. The lowest BCUT2D eigenvalue weighted by molar-refractivity contribution is -0.123. The van der Waals surface area contributed by atoms with Crippen LogP contribution in [0.15, 0.2) is 6.20 Å². The van der Waals surface area contributed by atoms with Gasteiger partial charge in [-0.3, -0.25) is 4.79 Å². The summed E-state index contributed by atoms with van der Waals surface area (Å²) in [4.78, 5) is 23.3. The molecular formula is C15H19ClN4O3. The van der Waals surface area contributed by atoms with Crippen LogP contribution < -0.4 is 10.2 Å². The zero-order valence-corrected chi connectivity index (χ0v) is 13.5. The monoisotopic (exact) mass is 338 g/mol. The molecule has 4 rings (SSSR count). The van der Waals surface area contributed by atoms with Crippen molar-refractivity contribution < 1.29 is 14.3 Å². The Labute approximate surface area is 139 Å². The third-order valence-corrected chi connectivity index (χ3v) is 5.03. The van der Waals surface area contributed by atoms with Gasteiger partial charge in [0.25, 0.3) is 5.91 Å². The fraction of sp³-hybridized carbons (Fsp3) is 0.667. The average molecular weight is 339 g/mol. The SMILES string of the molecule is O=C1N(CC2CCOCC2)c2cnc(Cl)nc2NC12CCOC2. The number of anilines is 2. The van der Waals surface area contributed by atoms with E-state index in [1.807, 2.05) is 4.90 Å². The second-order valence-electron chi connectivity index (χ2n) is 6.35. The summed E-state index contributed by atoms with van der Waals surface area (Å²) in [6, 6.07) is 0. The van der Waals surface area contributed by atoms with E-state index in [1.54, 1.807) is 6.20 Å².